The molecule has 3 fully saturated rings. The highest BCUT2D eigenvalue weighted by Crippen LogP contribution is 2.35. The molecule has 0 aliphatic carbocycles. The van der Waals surface area contributed by atoms with Gasteiger partial charge in [-0.15, -0.1) is 0 Å². The van der Waals surface area contributed by atoms with E-state index in [0.717, 1.165) is 26.0 Å². The van der Waals surface area contributed by atoms with E-state index in [4.69, 9.17) is 25.8 Å². The lowest BCUT2D eigenvalue weighted by molar-refractivity contribution is -0.111. The van der Waals surface area contributed by atoms with E-state index >= 15 is 0 Å². The number of nitrogens with one attached hydrogen (secondary N) is 2. The van der Waals surface area contributed by atoms with Crippen LogP contribution in [-0.4, -0.2) is 71.9 Å². The summed E-state index contributed by atoms with van der Waals surface area (Å²) in [5, 5.41) is 6.76. The number of ether oxygens (including phenoxy) is 3. The van der Waals surface area contributed by atoms with E-state index < -0.39 is 5.82 Å². The van der Waals surface area contributed by atoms with Gasteiger partial charge in [-0.25, -0.2) is 14.4 Å². The molecule has 0 radical (unpaired) electrons. The van der Waals surface area contributed by atoms with Gasteiger partial charge in [0.05, 0.1) is 42.2 Å². The number of aromatic nitrogens is 2. The molecular formula is C27H27ClFN5O4. The van der Waals surface area contributed by atoms with Crippen molar-refractivity contribution in [3.05, 3.63) is 59.7 Å². The molecule has 3 aromatic rings. The average Bonchev–Trinajstić information content (AvgIpc) is 3.66. The lowest BCUT2D eigenvalue weighted by Crippen LogP contribution is -2.36. The molecule has 2 aromatic carbocycles. The van der Waals surface area contributed by atoms with Crippen LogP contribution in [0, 0.1) is 5.82 Å². The second kappa shape index (κ2) is 10.8. The number of hydrogen-bond acceptors (Lipinski definition) is 8. The topological polar surface area (TPSA) is 97.8 Å². The summed E-state index contributed by atoms with van der Waals surface area (Å²) < 4.78 is 30.9. The van der Waals surface area contributed by atoms with E-state index in [1.54, 1.807) is 24.3 Å². The molecule has 3 atom stereocenters. The summed E-state index contributed by atoms with van der Waals surface area (Å²) in [7, 11) is 0. The summed E-state index contributed by atoms with van der Waals surface area (Å²) in [6, 6.07) is 8.31. The van der Waals surface area contributed by atoms with Crippen LogP contribution >= 0.6 is 11.6 Å². The number of carbonyl (C=O) groups excluding carboxylic acids is 1. The van der Waals surface area contributed by atoms with Gasteiger partial charge in [-0.1, -0.05) is 17.7 Å². The van der Waals surface area contributed by atoms with Crippen molar-refractivity contribution in [2.45, 2.75) is 31.1 Å². The van der Waals surface area contributed by atoms with Gasteiger partial charge < -0.3 is 24.8 Å². The third-order valence-electron chi connectivity index (χ3n) is 6.98. The van der Waals surface area contributed by atoms with Crippen molar-refractivity contribution in [2.75, 3.05) is 43.5 Å². The quantitative estimate of drug-likeness (QED) is 0.409. The monoisotopic (exact) mass is 539 g/mol. The fourth-order valence-electron chi connectivity index (χ4n) is 5.05. The number of anilines is 3. The van der Waals surface area contributed by atoms with Gasteiger partial charge in [0.2, 0.25) is 5.91 Å². The molecule has 6 rings (SSSR count). The Morgan fingerprint density at radius 1 is 1.26 bits per heavy atom. The number of morpholine rings is 1. The predicted molar refractivity (Wildman–Crippen MR) is 142 cm³/mol. The normalized spacial score (nSPS) is 22.9. The van der Waals surface area contributed by atoms with Gasteiger partial charge >= 0.3 is 0 Å². The van der Waals surface area contributed by atoms with Crippen LogP contribution in [0.2, 0.25) is 5.02 Å². The smallest absolute Gasteiger partial charge is 0.248 e. The van der Waals surface area contributed by atoms with E-state index in [0.29, 0.717) is 65.7 Å². The highest BCUT2D eigenvalue weighted by Gasteiger charge is 2.38. The highest BCUT2D eigenvalue weighted by molar-refractivity contribution is 6.31. The SMILES string of the molecule is O=C(C=CCN1C[C@H]2C[C@@H]1CO2)Nc1cc2c(Nc3ccc(F)c(Cl)c3)ncnc2cc1OC1CCOC1. The van der Waals surface area contributed by atoms with Gasteiger partial charge in [-0.05, 0) is 30.7 Å². The van der Waals surface area contributed by atoms with Gasteiger partial charge in [0.25, 0.3) is 0 Å². The summed E-state index contributed by atoms with van der Waals surface area (Å²) >= 11 is 5.95. The number of amides is 1. The number of likely N-dealkylation sites (tertiary alicyclic amines) is 1. The Labute approximate surface area is 223 Å². The number of benzene rings is 2. The molecule has 2 bridgehead atoms. The zero-order valence-electron chi connectivity index (χ0n) is 20.5. The number of halogens is 2. The first-order valence-corrected chi connectivity index (χ1v) is 13.0. The average molecular weight is 540 g/mol. The maximum Gasteiger partial charge on any atom is 0.248 e. The Morgan fingerprint density at radius 2 is 2.18 bits per heavy atom. The van der Waals surface area contributed by atoms with Crippen molar-refractivity contribution < 1.29 is 23.4 Å². The Bertz CT molecular complexity index is 1380. The Morgan fingerprint density at radius 3 is 2.95 bits per heavy atom. The van der Waals surface area contributed by atoms with Gasteiger partial charge in [0, 0.05) is 48.8 Å². The number of nitrogens with zero attached hydrogens (tertiary/aromatic N) is 3. The third-order valence-corrected chi connectivity index (χ3v) is 7.27. The molecule has 3 aliphatic rings. The van der Waals surface area contributed by atoms with Crippen LogP contribution in [0.4, 0.5) is 21.6 Å². The molecule has 3 saturated heterocycles. The van der Waals surface area contributed by atoms with Crippen molar-refractivity contribution in [1.29, 1.82) is 0 Å². The van der Waals surface area contributed by atoms with Crippen molar-refractivity contribution in [1.82, 2.24) is 14.9 Å². The molecule has 198 valence electrons. The number of hydrogen-bond donors (Lipinski definition) is 2. The van der Waals surface area contributed by atoms with E-state index in [9.17, 15) is 9.18 Å². The molecule has 0 saturated carbocycles. The summed E-state index contributed by atoms with van der Waals surface area (Å²) in [5.74, 6) is 0.198. The van der Waals surface area contributed by atoms with Gasteiger partial charge in [-0.3, -0.25) is 9.69 Å². The standard InChI is InChI=1S/C27H27ClFN5O4/c28-21-8-16(3-4-22(21)29)32-27-20-10-24(25(11-23(20)30-15-31-27)38-18-5-7-36-14-18)33-26(35)2-1-6-34-12-19-9-17(34)13-37-19/h1-4,8,10-11,15,17-19H,5-7,9,12-14H2,(H,33,35)(H,30,31,32)/t17-,18?,19-/m1/s1. The van der Waals surface area contributed by atoms with E-state index in [-0.39, 0.29) is 17.0 Å². The van der Waals surface area contributed by atoms with Crippen LogP contribution in [0.25, 0.3) is 10.9 Å². The third kappa shape index (κ3) is 5.44. The van der Waals surface area contributed by atoms with Crippen molar-refractivity contribution in [3.8, 4) is 5.75 Å². The first-order valence-electron chi connectivity index (χ1n) is 12.6. The molecule has 38 heavy (non-hydrogen) atoms. The zero-order chi connectivity index (χ0) is 26.1. The van der Waals surface area contributed by atoms with Gasteiger partial charge in [0.15, 0.2) is 0 Å². The molecule has 1 aromatic heterocycles. The van der Waals surface area contributed by atoms with Gasteiger partial charge in [-0.2, -0.15) is 0 Å². The number of fused-ring (bicyclic) bond motifs is 3. The van der Waals surface area contributed by atoms with Gasteiger partial charge in [0.1, 0.15) is 29.8 Å². The molecule has 3 aliphatic heterocycles. The highest BCUT2D eigenvalue weighted by atomic mass is 35.5. The van der Waals surface area contributed by atoms with E-state index in [1.165, 1.54) is 18.5 Å². The van der Waals surface area contributed by atoms with Crippen LogP contribution in [0.3, 0.4) is 0 Å². The molecule has 1 unspecified atom stereocenters. The lowest BCUT2D eigenvalue weighted by atomic mass is 10.1. The molecule has 9 nitrogen and oxygen atoms in total. The molecule has 11 heteroatoms. The fourth-order valence-corrected chi connectivity index (χ4v) is 5.23. The van der Waals surface area contributed by atoms with Crippen LogP contribution < -0.4 is 15.4 Å². The first-order chi connectivity index (χ1) is 18.5. The maximum absolute atomic E-state index is 13.6. The summed E-state index contributed by atoms with van der Waals surface area (Å²) in [6.07, 6.45) is 6.86. The predicted octanol–water partition coefficient (Wildman–Crippen LogP) is 4.30. The van der Waals surface area contributed by atoms with Crippen LogP contribution in [0.1, 0.15) is 12.8 Å². The maximum atomic E-state index is 13.6. The van der Waals surface area contributed by atoms with Crippen LogP contribution in [0.5, 0.6) is 5.75 Å². The van der Waals surface area contributed by atoms with E-state index in [1.807, 2.05) is 6.08 Å². The van der Waals surface area contributed by atoms with Crippen LogP contribution in [-0.2, 0) is 14.3 Å². The minimum absolute atomic E-state index is 0.00291. The molecular weight excluding hydrogens is 513 g/mol. The van der Waals surface area contributed by atoms with Crippen molar-refractivity contribution in [3.63, 3.8) is 0 Å². The van der Waals surface area contributed by atoms with Crippen LogP contribution in [0.15, 0.2) is 48.8 Å². The first kappa shape index (κ1) is 25.0. The second-order valence-electron chi connectivity index (χ2n) is 9.64. The molecule has 0 spiro atoms. The largest absolute Gasteiger partial charge is 0.486 e. The summed E-state index contributed by atoms with van der Waals surface area (Å²) in [4.78, 5) is 24.0. The Hall–Kier alpha value is -3.31. The Kier molecular flexibility index (Phi) is 7.12. The lowest BCUT2D eigenvalue weighted by Gasteiger charge is -2.25. The summed E-state index contributed by atoms with van der Waals surface area (Å²) in [5.41, 5.74) is 1.67. The molecule has 1 amide bonds. The zero-order valence-corrected chi connectivity index (χ0v) is 21.3. The number of rotatable bonds is 8. The van der Waals surface area contributed by atoms with Crippen molar-refractivity contribution >= 4 is 45.6 Å². The fraction of sp³-hybridized carbons (Fsp3) is 0.370. The molecule has 4 heterocycles. The Balaban J connectivity index is 1.25. The van der Waals surface area contributed by atoms with E-state index in [2.05, 4.69) is 25.5 Å². The molecule has 2 N–H and O–H groups in total. The summed E-state index contributed by atoms with van der Waals surface area (Å²) in [6.45, 7) is 3.46. The van der Waals surface area contributed by atoms with Crippen molar-refractivity contribution in [2.24, 2.45) is 0 Å². The minimum atomic E-state index is -0.508. The minimum Gasteiger partial charge on any atom is -0.486 e. The second-order valence-corrected chi connectivity index (χ2v) is 10.0. The number of carbonyl (C=O) groups is 1.